The molecule has 1 aromatic rings. The summed E-state index contributed by atoms with van der Waals surface area (Å²) in [6.45, 7) is 3.47. The van der Waals surface area contributed by atoms with E-state index < -0.39 is 12.0 Å². The van der Waals surface area contributed by atoms with Crippen LogP contribution in [0.1, 0.15) is 19.4 Å². The standard InChI is InChI=1S/C14H18ClNO4/c1-8(2)13(14(18)19)16-12(17)7-9-6-10(15)4-5-11(9)20-3/h4-6,8,13H,7H2,1-3H3,(H,16,17)(H,18,19)/t13-/m1/s1. The van der Waals surface area contributed by atoms with Crippen LogP contribution in [0.5, 0.6) is 5.75 Å². The van der Waals surface area contributed by atoms with Crippen LogP contribution in [0.2, 0.25) is 5.02 Å². The highest BCUT2D eigenvalue weighted by molar-refractivity contribution is 6.30. The van der Waals surface area contributed by atoms with Gasteiger partial charge in [0.15, 0.2) is 0 Å². The largest absolute Gasteiger partial charge is 0.496 e. The number of aliphatic carboxylic acids is 1. The van der Waals surface area contributed by atoms with Gasteiger partial charge in [-0.25, -0.2) is 4.79 Å². The summed E-state index contributed by atoms with van der Waals surface area (Å²) in [5.41, 5.74) is 0.616. The van der Waals surface area contributed by atoms with E-state index in [-0.39, 0.29) is 18.2 Å². The minimum absolute atomic E-state index is 0.0141. The van der Waals surface area contributed by atoms with Crippen molar-refractivity contribution in [2.75, 3.05) is 7.11 Å². The maximum Gasteiger partial charge on any atom is 0.326 e. The van der Waals surface area contributed by atoms with Crippen LogP contribution in [0, 0.1) is 5.92 Å². The molecule has 0 heterocycles. The Morgan fingerprint density at radius 2 is 2.05 bits per heavy atom. The second kappa shape index (κ2) is 7.14. The van der Waals surface area contributed by atoms with Crippen LogP contribution in [-0.4, -0.2) is 30.1 Å². The lowest BCUT2D eigenvalue weighted by Gasteiger charge is -2.18. The maximum atomic E-state index is 11.9. The van der Waals surface area contributed by atoms with Crippen molar-refractivity contribution < 1.29 is 19.4 Å². The number of methoxy groups -OCH3 is 1. The lowest BCUT2D eigenvalue weighted by molar-refractivity contribution is -0.143. The molecule has 1 aromatic carbocycles. The molecule has 5 nitrogen and oxygen atoms in total. The van der Waals surface area contributed by atoms with Crippen LogP contribution >= 0.6 is 11.6 Å². The van der Waals surface area contributed by atoms with Crippen LogP contribution in [0.3, 0.4) is 0 Å². The predicted molar refractivity (Wildman–Crippen MR) is 76.1 cm³/mol. The molecule has 0 aliphatic carbocycles. The molecule has 6 heteroatoms. The molecular formula is C14H18ClNO4. The van der Waals surface area contributed by atoms with Gasteiger partial charge in [0.05, 0.1) is 13.5 Å². The Balaban J connectivity index is 2.80. The van der Waals surface area contributed by atoms with Gasteiger partial charge in [-0.3, -0.25) is 4.79 Å². The van der Waals surface area contributed by atoms with Crippen molar-refractivity contribution in [2.45, 2.75) is 26.3 Å². The van der Waals surface area contributed by atoms with E-state index in [0.29, 0.717) is 16.3 Å². The van der Waals surface area contributed by atoms with Crippen molar-refractivity contribution in [3.05, 3.63) is 28.8 Å². The number of hydrogen-bond acceptors (Lipinski definition) is 3. The number of rotatable bonds is 6. The third-order valence-corrected chi connectivity index (χ3v) is 3.08. The molecule has 0 spiro atoms. The molecule has 20 heavy (non-hydrogen) atoms. The average molecular weight is 300 g/mol. The number of nitrogens with one attached hydrogen (secondary N) is 1. The number of carbonyl (C=O) groups is 2. The molecule has 1 amide bonds. The number of hydrogen-bond donors (Lipinski definition) is 2. The lowest BCUT2D eigenvalue weighted by atomic mass is 10.0. The quantitative estimate of drug-likeness (QED) is 0.843. The fourth-order valence-corrected chi connectivity index (χ4v) is 1.99. The van der Waals surface area contributed by atoms with Gasteiger partial charge in [0.2, 0.25) is 5.91 Å². The number of amides is 1. The van der Waals surface area contributed by atoms with Gasteiger partial charge < -0.3 is 15.2 Å². The Kier molecular flexibility index (Phi) is 5.82. The molecule has 110 valence electrons. The van der Waals surface area contributed by atoms with Gasteiger partial charge in [-0.1, -0.05) is 25.4 Å². The van der Waals surface area contributed by atoms with Crippen LogP contribution in [-0.2, 0) is 16.0 Å². The van der Waals surface area contributed by atoms with Gasteiger partial charge in [-0.05, 0) is 24.1 Å². The molecule has 0 aliphatic rings. The molecule has 1 rings (SSSR count). The number of carbonyl (C=O) groups excluding carboxylic acids is 1. The van der Waals surface area contributed by atoms with Crippen LogP contribution < -0.4 is 10.1 Å². The summed E-state index contributed by atoms with van der Waals surface area (Å²) in [6, 6.07) is 4.05. The van der Waals surface area contributed by atoms with Gasteiger partial charge in [0.25, 0.3) is 0 Å². The second-order valence-electron chi connectivity index (χ2n) is 4.76. The average Bonchev–Trinajstić information content (AvgIpc) is 2.35. The van der Waals surface area contributed by atoms with Gasteiger partial charge in [-0.15, -0.1) is 0 Å². The van der Waals surface area contributed by atoms with Crippen molar-refractivity contribution in [1.82, 2.24) is 5.32 Å². The SMILES string of the molecule is COc1ccc(Cl)cc1CC(=O)N[C@@H](C(=O)O)C(C)C. The van der Waals surface area contributed by atoms with E-state index in [2.05, 4.69) is 5.32 Å². The molecule has 0 saturated heterocycles. The van der Waals surface area contributed by atoms with Gasteiger partial charge in [0, 0.05) is 10.6 Å². The topological polar surface area (TPSA) is 75.6 Å². The van der Waals surface area contributed by atoms with Gasteiger partial charge in [0.1, 0.15) is 11.8 Å². The zero-order valence-electron chi connectivity index (χ0n) is 11.6. The van der Waals surface area contributed by atoms with Gasteiger partial charge >= 0.3 is 5.97 Å². The van der Waals surface area contributed by atoms with Crippen molar-refractivity contribution >= 4 is 23.5 Å². The minimum Gasteiger partial charge on any atom is -0.496 e. The molecule has 0 bridgehead atoms. The first-order valence-corrected chi connectivity index (χ1v) is 6.57. The fraction of sp³-hybridized carbons (Fsp3) is 0.429. The molecular weight excluding hydrogens is 282 g/mol. The monoisotopic (exact) mass is 299 g/mol. The second-order valence-corrected chi connectivity index (χ2v) is 5.20. The number of ether oxygens (including phenoxy) is 1. The van der Waals surface area contributed by atoms with E-state index in [1.54, 1.807) is 32.0 Å². The molecule has 0 aromatic heterocycles. The summed E-state index contributed by atoms with van der Waals surface area (Å²) in [5.74, 6) is -1.09. The smallest absolute Gasteiger partial charge is 0.326 e. The Morgan fingerprint density at radius 1 is 1.40 bits per heavy atom. The molecule has 0 saturated carbocycles. The Bertz CT molecular complexity index is 502. The van der Waals surface area contributed by atoms with E-state index >= 15 is 0 Å². The first kappa shape index (κ1) is 16.3. The lowest BCUT2D eigenvalue weighted by Crippen LogP contribution is -2.44. The number of halogens is 1. The highest BCUT2D eigenvalue weighted by Gasteiger charge is 2.23. The summed E-state index contributed by atoms with van der Waals surface area (Å²) in [4.78, 5) is 23.0. The molecule has 2 N–H and O–H groups in total. The first-order valence-electron chi connectivity index (χ1n) is 6.19. The van der Waals surface area contributed by atoms with Crippen molar-refractivity contribution in [3.8, 4) is 5.75 Å². The third-order valence-electron chi connectivity index (χ3n) is 2.84. The number of benzene rings is 1. The Hall–Kier alpha value is -1.75. The predicted octanol–water partition coefficient (Wildman–Crippen LogP) is 2.12. The van der Waals surface area contributed by atoms with E-state index in [1.165, 1.54) is 7.11 Å². The summed E-state index contributed by atoms with van der Waals surface area (Å²) in [6.07, 6.45) is 0.0141. The van der Waals surface area contributed by atoms with E-state index in [4.69, 9.17) is 21.4 Å². The third kappa shape index (κ3) is 4.42. The van der Waals surface area contributed by atoms with E-state index in [0.717, 1.165) is 0 Å². The van der Waals surface area contributed by atoms with Crippen LogP contribution in [0.25, 0.3) is 0 Å². The van der Waals surface area contributed by atoms with E-state index in [9.17, 15) is 9.59 Å². The normalized spacial score (nSPS) is 12.1. The van der Waals surface area contributed by atoms with Crippen molar-refractivity contribution in [2.24, 2.45) is 5.92 Å². The Morgan fingerprint density at radius 3 is 2.55 bits per heavy atom. The molecule has 0 unspecified atom stereocenters. The summed E-state index contributed by atoms with van der Waals surface area (Å²) in [7, 11) is 1.50. The first-order chi connectivity index (χ1) is 9.35. The van der Waals surface area contributed by atoms with Crippen LogP contribution in [0.15, 0.2) is 18.2 Å². The summed E-state index contributed by atoms with van der Waals surface area (Å²) < 4.78 is 5.15. The zero-order chi connectivity index (χ0) is 15.3. The highest BCUT2D eigenvalue weighted by Crippen LogP contribution is 2.23. The number of carboxylic acids is 1. The minimum atomic E-state index is -1.05. The van der Waals surface area contributed by atoms with E-state index in [1.807, 2.05) is 0 Å². The molecule has 1 atom stereocenters. The Labute approximate surface area is 122 Å². The number of carboxylic acid groups (broad SMARTS) is 1. The summed E-state index contributed by atoms with van der Waals surface area (Å²) >= 11 is 5.88. The van der Waals surface area contributed by atoms with Crippen LogP contribution in [0.4, 0.5) is 0 Å². The van der Waals surface area contributed by atoms with Gasteiger partial charge in [-0.2, -0.15) is 0 Å². The van der Waals surface area contributed by atoms with Crippen molar-refractivity contribution in [3.63, 3.8) is 0 Å². The highest BCUT2D eigenvalue weighted by atomic mass is 35.5. The molecule has 0 fully saturated rings. The summed E-state index contributed by atoms with van der Waals surface area (Å²) in [5, 5.41) is 12.0. The molecule has 0 aliphatic heterocycles. The fourth-order valence-electron chi connectivity index (χ4n) is 1.80. The van der Waals surface area contributed by atoms with Crippen molar-refractivity contribution in [1.29, 1.82) is 0 Å². The molecule has 0 radical (unpaired) electrons. The maximum absolute atomic E-state index is 11.9. The zero-order valence-corrected chi connectivity index (χ0v) is 12.4.